The molecule has 0 saturated heterocycles. The van der Waals surface area contributed by atoms with Crippen molar-refractivity contribution in [3.8, 4) is 0 Å². The number of rotatable bonds is 4. The number of anilines is 1. The SMILES string of the molecule is C=CC(=C)N(C)c1cc(C(=C)C)ccc1C. The van der Waals surface area contributed by atoms with Gasteiger partial charge >= 0.3 is 0 Å². The highest BCUT2D eigenvalue weighted by molar-refractivity contribution is 5.69. The van der Waals surface area contributed by atoms with Gasteiger partial charge in [-0.05, 0) is 37.1 Å². The van der Waals surface area contributed by atoms with E-state index in [9.17, 15) is 0 Å². The van der Waals surface area contributed by atoms with Gasteiger partial charge < -0.3 is 4.90 Å². The number of aryl methyl sites for hydroxylation is 1. The smallest absolute Gasteiger partial charge is 0.0443 e. The average Bonchev–Trinajstić information content (AvgIpc) is 2.27. The summed E-state index contributed by atoms with van der Waals surface area (Å²) < 4.78 is 0. The standard InChI is InChI=1S/C15H19N/c1-7-13(5)16(6)15-10-14(11(2)3)9-8-12(15)4/h7-10H,1-2,5H2,3-4,6H3. The van der Waals surface area contributed by atoms with Gasteiger partial charge in [0.1, 0.15) is 0 Å². The molecule has 1 nitrogen and oxygen atoms in total. The molecule has 84 valence electrons. The zero-order valence-electron chi connectivity index (χ0n) is 10.4. The van der Waals surface area contributed by atoms with E-state index in [1.54, 1.807) is 6.08 Å². The molecule has 0 unspecified atom stereocenters. The van der Waals surface area contributed by atoms with E-state index in [2.05, 4.69) is 44.9 Å². The van der Waals surface area contributed by atoms with Crippen LogP contribution in [0.5, 0.6) is 0 Å². The Kier molecular flexibility index (Phi) is 3.73. The lowest BCUT2D eigenvalue weighted by molar-refractivity contribution is 1.13. The first-order valence-corrected chi connectivity index (χ1v) is 5.29. The second-order valence-corrected chi connectivity index (χ2v) is 4.04. The van der Waals surface area contributed by atoms with E-state index in [0.717, 1.165) is 22.5 Å². The minimum absolute atomic E-state index is 0.891. The number of likely N-dealkylation sites (N-methyl/N-ethyl adjacent to an activating group) is 1. The molecular weight excluding hydrogens is 194 g/mol. The van der Waals surface area contributed by atoms with Gasteiger partial charge in [0.15, 0.2) is 0 Å². The number of nitrogens with zero attached hydrogens (tertiary/aromatic N) is 1. The third-order valence-electron chi connectivity index (χ3n) is 2.73. The van der Waals surface area contributed by atoms with Crippen LogP contribution in [0.25, 0.3) is 5.57 Å². The Morgan fingerprint density at radius 1 is 1.31 bits per heavy atom. The van der Waals surface area contributed by atoms with Crippen LogP contribution in [0, 0.1) is 6.92 Å². The Morgan fingerprint density at radius 2 is 1.94 bits per heavy atom. The van der Waals surface area contributed by atoms with Crippen molar-refractivity contribution >= 4 is 11.3 Å². The Labute approximate surface area is 98.4 Å². The summed E-state index contributed by atoms with van der Waals surface area (Å²) in [5, 5.41) is 0. The fraction of sp³-hybridized carbons (Fsp3) is 0.200. The van der Waals surface area contributed by atoms with Crippen LogP contribution < -0.4 is 4.90 Å². The van der Waals surface area contributed by atoms with E-state index in [-0.39, 0.29) is 0 Å². The number of hydrogen-bond acceptors (Lipinski definition) is 1. The summed E-state index contributed by atoms with van der Waals surface area (Å²) in [7, 11) is 1.99. The van der Waals surface area contributed by atoms with Crippen molar-refractivity contribution < 1.29 is 0 Å². The van der Waals surface area contributed by atoms with E-state index in [1.165, 1.54) is 5.56 Å². The van der Waals surface area contributed by atoms with Crippen LogP contribution in [-0.2, 0) is 0 Å². The summed E-state index contributed by atoms with van der Waals surface area (Å²) in [4.78, 5) is 2.04. The average molecular weight is 213 g/mol. The molecule has 0 N–H and O–H groups in total. The molecule has 0 radical (unpaired) electrons. The largest absolute Gasteiger partial charge is 0.345 e. The van der Waals surface area contributed by atoms with Crippen LogP contribution in [0.4, 0.5) is 5.69 Å². The maximum atomic E-state index is 3.96. The topological polar surface area (TPSA) is 3.24 Å². The van der Waals surface area contributed by atoms with E-state index in [4.69, 9.17) is 0 Å². The minimum Gasteiger partial charge on any atom is -0.345 e. The Morgan fingerprint density at radius 3 is 2.44 bits per heavy atom. The molecule has 1 aromatic carbocycles. The lowest BCUT2D eigenvalue weighted by Gasteiger charge is -2.22. The van der Waals surface area contributed by atoms with E-state index < -0.39 is 0 Å². The molecule has 1 aromatic rings. The van der Waals surface area contributed by atoms with Crippen LogP contribution >= 0.6 is 0 Å². The Bertz CT molecular complexity index is 441. The first-order chi connectivity index (χ1) is 7.47. The molecule has 0 spiro atoms. The zero-order chi connectivity index (χ0) is 12.3. The van der Waals surface area contributed by atoms with Gasteiger partial charge in [0.25, 0.3) is 0 Å². The highest BCUT2D eigenvalue weighted by Gasteiger charge is 2.07. The number of allylic oxidation sites excluding steroid dienone is 2. The normalized spacial score (nSPS) is 9.69. The van der Waals surface area contributed by atoms with Gasteiger partial charge in [-0.3, -0.25) is 0 Å². The molecule has 0 saturated carbocycles. The monoisotopic (exact) mass is 213 g/mol. The van der Waals surface area contributed by atoms with E-state index in [0.29, 0.717) is 0 Å². The second-order valence-electron chi connectivity index (χ2n) is 4.04. The quantitative estimate of drug-likeness (QED) is 0.679. The predicted octanol–water partition coefficient (Wildman–Crippen LogP) is 4.16. The van der Waals surface area contributed by atoms with Crippen LogP contribution in [0.15, 0.2) is 49.7 Å². The van der Waals surface area contributed by atoms with Crippen LogP contribution in [0.2, 0.25) is 0 Å². The fourth-order valence-corrected chi connectivity index (χ4v) is 1.53. The molecule has 0 atom stereocenters. The van der Waals surface area contributed by atoms with Crippen LogP contribution in [0.3, 0.4) is 0 Å². The first kappa shape index (κ1) is 12.3. The number of benzene rings is 1. The molecule has 0 amide bonds. The molecule has 0 aromatic heterocycles. The summed E-state index contributed by atoms with van der Waals surface area (Å²) in [6, 6.07) is 6.32. The molecule has 0 heterocycles. The second kappa shape index (κ2) is 4.84. The summed E-state index contributed by atoms with van der Waals surface area (Å²) in [6.45, 7) is 15.7. The maximum absolute atomic E-state index is 3.96. The summed E-state index contributed by atoms with van der Waals surface area (Å²) in [6.07, 6.45) is 1.76. The molecule has 1 heteroatoms. The van der Waals surface area contributed by atoms with Gasteiger partial charge in [0.2, 0.25) is 0 Å². The zero-order valence-corrected chi connectivity index (χ0v) is 10.4. The van der Waals surface area contributed by atoms with Crippen molar-refractivity contribution in [2.45, 2.75) is 13.8 Å². The Balaban J connectivity index is 3.21. The van der Waals surface area contributed by atoms with Crippen LogP contribution in [-0.4, -0.2) is 7.05 Å². The molecule has 0 bridgehead atoms. The first-order valence-electron chi connectivity index (χ1n) is 5.29. The molecule has 16 heavy (non-hydrogen) atoms. The molecular formula is C15H19N. The third kappa shape index (κ3) is 2.43. The van der Waals surface area contributed by atoms with Crippen molar-refractivity contribution in [2.24, 2.45) is 0 Å². The van der Waals surface area contributed by atoms with Crippen molar-refractivity contribution in [3.05, 3.63) is 60.8 Å². The summed E-state index contributed by atoms with van der Waals surface area (Å²) >= 11 is 0. The van der Waals surface area contributed by atoms with Crippen molar-refractivity contribution in [1.29, 1.82) is 0 Å². The summed E-state index contributed by atoms with van der Waals surface area (Å²) in [5.41, 5.74) is 5.48. The minimum atomic E-state index is 0.891. The maximum Gasteiger partial charge on any atom is 0.0443 e. The summed E-state index contributed by atoms with van der Waals surface area (Å²) in [5.74, 6) is 0. The molecule has 0 aliphatic heterocycles. The van der Waals surface area contributed by atoms with Gasteiger partial charge in [0.05, 0.1) is 0 Å². The van der Waals surface area contributed by atoms with Gasteiger partial charge in [-0.2, -0.15) is 0 Å². The molecule has 1 rings (SSSR count). The Hall–Kier alpha value is -1.76. The molecule has 0 aliphatic carbocycles. The fourth-order valence-electron chi connectivity index (χ4n) is 1.53. The highest BCUT2D eigenvalue weighted by atomic mass is 15.1. The lowest BCUT2D eigenvalue weighted by Crippen LogP contribution is -2.15. The predicted molar refractivity (Wildman–Crippen MR) is 73.6 cm³/mol. The third-order valence-corrected chi connectivity index (χ3v) is 2.73. The van der Waals surface area contributed by atoms with Crippen molar-refractivity contribution in [1.82, 2.24) is 0 Å². The van der Waals surface area contributed by atoms with Crippen molar-refractivity contribution in [2.75, 3.05) is 11.9 Å². The van der Waals surface area contributed by atoms with Gasteiger partial charge in [0, 0.05) is 18.4 Å². The van der Waals surface area contributed by atoms with Crippen LogP contribution in [0.1, 0.15) is 18.1 Å². The lowest BCUT2D eigenvalue weighted by atomic mass is 10.0. The van der Waals surface area contributed by atoms with Gasteiger partial charge in [-0.25, -0.2) is 0 Å². The van der Waals surface area contributed by atoms with Crippen molar-refractivity contribution in [3.63, 3.8) is 0 Å². The highest BCUT2D eigenvalue weighted by Crippen LogP contribution is 2.26. The molecule has 0 fully saturated rings. The molecule has 0 aliphatic rings. The number of hydrogen-bond donors (Lipinski definition) is 0. The van der Waals surface area contributed by atoms with E-state index >= 15 is 0 Å². The van der Waals surface area contributed by atoms with Gasteiger partial charge in [-0.1, -0.05) is 37.4 Å². The van der Waals surface area contributed by atoms with E-state index in [1.807, 2.05) is 18.9 Å². The van der Waals surface area contributed by atoms with Gasteiger partial charge in [-0.15, -0.1) is 0 Å².